The molecule has 0 radical (unpaired) electrons. The van der Waals surface area contributed by atoms with Crippen molar-refractivity contribution in [1.29, 1.82) is 0 Å². The fourth-order valence-corrected chi connectivity index (χ4v) is 3.06. The Bertz CT molecular complexity index is 626. The van der Waals surface area contributed by atoms with Gasteiger partial charge < -0.3 is 10.2 Å². The van der Waals surface area contributed by atoms with Crippen molar-refractivity contribution in [1.82, 2.24) is 10.2 Å². The van der Waals surface area contributed by atoms with E-state index in [4.69, 9.17) is 0 Å². The molecular formula is C17H24N4O5. The summed E-state index contributed by atoms with van der Waals surface area (Å²) in [6, 6.07) is 2.95. The normalized spacial score (nSPS) is 14.8. The molecule has 1 heterocycles. The number of rotatable bonds is 9. The second-order valence-corrected chi connectivity index (χ2v) is 6.47. The van der Waals surface area contributed by atoms with Crippen molar-refractivity contribution in [2.45, 2.75) is 38.5 Å². The molecule has 9 nitrogen and oxygen atoms in total. The van der Waals surface area contributed by atoms with Gasteiger partial charge in [0.1, 0.15) is 0 Å². The summed E-state index contributed by atoms with van der Waals surface area (Å²) in [5.41, 5.74) is -1.00. The zero-order chi connectivity index (χ0) is 18.9. The molecule has 0 atom stereocenters. The third kappa shape index (κ3) is 6.07. The molecule has 1 aromatic carbocycles. The van der Waals surface area contributed by atoms with Crippen molar-refractivity contribution in [2.75, 3.05) is 26.2 Å². The number of likely N-dealkylation sites (tertiary alicyclic amines) is 1. The zero-order valence-electron chi connectivity index (χ0n) is 14.7. The van der Waals surface area contributed by atoms with E-state index in [1.807, 2.05) is 0 Å². The van der Waals surface area contributed by atoms with E-state index >= 15 is 0 Å². The first kappa shape index (κ1) is 19.8. The Balaban J connectivity index is 1.76. The predicted octanol–water partition coefficient (Wildman–Crippen LogP) is 2.89. The Kier molecular flexibility index (Phi) is 7.46. The van der Waals surface area contributed by atoms with Crippen molar-refractivity contribution in [3.05, 3.63) is 44.0 Å². The second kappa shape index (κ2) is 9.81. The maximum Gasteiger partial charge on any atom is 0.277 e. The van der Waals surface area contributed by atoms with Crippen LogP contribution in [0.15, 0.2) is 18.2 Å². The summed E-state index contributed by atoms with van der Waals surface area (Å²) >= 11 is 0. The third-order valence-electron chi connectivity index (χ3n) is 4.47. The molecule has 1 aliphatic rings. The lowest BCUT2D eigenvalue weighted by atomic mass is 10.1. The number of carbonyl (C=O) groups is 1. The molecule has 1 aliphatic heterocycles. The van der Waals surface area contributed by atoms with Gasteiger partial charge in [0.15, 0.2) is 0 Å². The van der Waals surface area contributed by atoms with Crippen LogP contribution in [-0.4, -0.2) is 46.8 Å². The fourth-order valence-electron chi connectivity index (χ4n) is 3.06. The van der Waals surface area contributed by atoms with E-state index in [0.717, 1.165) is 44.0 Å². The molecule has 1 amide bonds. The van der Waals surface area contributed by atoms with Crippen molar-refractivity contribution < 1.29 is 14.6 Å². The first-order valence-electron chi connectivity index (χ1n) is 8.92. The third-order valence-corrected chi connectivity index (χ3v) is 4.47. The van der Waals surface area contributed by atoms with E-state index in [0.29, 0.717) is 6.54 Å². The van der Waals surface area contributed by atoms with Gasteiger partial charge in [-0.3, -0.25) is 25.0 Å². The van der Waals surface area contributed by atoms with Gasteiger partial charge in [-0.15, -0.1) is 0 Å². The van der Waals surface area contributed by atoms with E-state index in [9.17, 15) is 25.0 Å². The number of nitro benzene ring substituents is 2. The lowest BCUT2D eigenvalue weighted by Gasteiger charge is -2.26. The van der Waals surface area contributed by atoms with E-state index in [2.05, 4.69) is 10.2 Å². The average Bonchev–Trinajstić information content (AvgIpc) is 2.64. The first-order chi connectivity index (χ1) is 12.5. The molecule has 1 saturated heterocycles. The summed E-state index contributed by atoms with van der Waals surface area (Å²) in [5, 5.41) is 24.4. The minimum absolute atomic E-state index is 0.0702. The topological polar surface area (TPSA) is 119 Å². The zero-order valence-corrected chi connectivity index (χ0v) is 14.7. The van der Waals surface area contributed by atoms with Gasteiger partial charge in [0, 0.05) is 18.7 Å². The molecule has 1 aromatic rings. The van der Waals surface area contributed by atoms with Crippen LogP contribution >= 0.6 is 0 Å². The Hall–Kier alpha value is -2.55. The number of hydrogen-bond donors (Lipinski definition) is 1. The molecule has 0 bridgehead atoms. The van der Waals surface area contributed by atoms with Crippen molar-refractivity contribution in [3.8, 4) is 0 Å². The summed E-state index contributed by atoms with van der Waals surface area (Å²) in [6.07, 6.45) is 6.70. The molecule has 0 unspecified atom stereocenters. The predicted molar refractivity (Wildman–Crippen MR) is 96.2 cm³/mol. The highest BCUT2D eigenvalue weighted by molar-refractivity contribution is 5.95. The molecule has 0 saturated carbocycles. The van der Waals surface area contributed by atoms with E-state index in [1.165, 1.54) is 32.4 Å². The molecule has 1 N–H and O–H groups in total. The summed E-state index contributed by atoms with van der Waals surface area (Å²) in [5.74, 6) is -0.534. The lowest BCUT2D eigenvalue weighted by molar-refractivity contribution is -0.394. The second-order valence-electron chi connectivity index (χ2n) is 6.47. The number of nitrogens with zero attached hydrogens (tertiary/aromatic N) is 3. The number of hydrogen-bond acceptors (Lipinski definition) is 6. The fraction of sp³-hybridized carbons (Fsp3) is 0.588. The SMILES string of the molecule is O=C(NCCCCCN1CCCCC1)c1cc([N+](=O)[O-])cc([N+](=O)[O-])c1. The number of piperidine rings is 1. The summed E-state index contributed by atoms with van der Waals surface area (Å²) in [4.78, 5) is 34.8. The Morgan fingerprint density at radius 3 is 2.15 bits per heavy atom. The summed E-state index contributed by atoms with van der Waals surface area (Å²) < 4.78 is 0. The van der Waals surface area contributed by atoms with Crippen LogP contribution in [-0.2, 0) is 0 Å². The highest BCUT2D eigenvalue weighted by Gasteiger charge is 2.19. The Morgan fingerprint density at radius 1 is 0.962 bits per heavy atom. The van der Waals surface area contributed by atoms with Crippen LogP contribution in [0.1, 0.15) is 48.9 Å². The van der Waals surface area contributed by atoms with Crippen LogP contribution in [0.3, 0.4) is 0 Å². The van der Waals surface area contributed by atoms with Crippen LogP contribution in [0.2, 0.25) is 0 Å². The molecule has 9 heteroatoms. The van der Waals surface area contributed by atoms with Gasteiger partial charge in [0.05, 0.1) is 21.5 Å². The van der Waals surface area contributed by atoms with Crippen LogP contribution in [0.5, 0.6) is 0 Å². The quantitative estimate of drug-likeness (QED) is 0.409. The molecule has 2 rings (SSSR count). The van der Waals surface area contributed by atoms with E-state index < -0.39 is 27.1 Å². The van der Waals surface area contributed by atoms with Crippen LogP contribution in [0.25, 0.3) is 0 Å². The van der Waals surface area contributed by atoms with Gasteiger partial charge in [-0.2, -0.15) is 0 Å². The van der Waals surface area contributed by atoms with Crippen LogP contribution in [0.4, 0.5) is 11.4 Å². The van der Waals surface area contributed by atoms with Gasteiger partial charge in [-0.1, -0.05) is 12.8 Å². The Labute approximate surface area is 151 Å². The van der Waals surface area contributed by atoms with Gasteiger partial charge in [0.25, 0.3) is 17.3 Å². The number of unbranched alkanes of at least 4 members (excludes halogenated alkanes) is 2. The maximum absolute atomic E-state index is 12.1. The molecule has 1 fully saturated rings. The molecule has 0 aliphatic carbocycles. The maximum atomic E-state index is 12.1. The number of non-ortho nitro benzene ring substituents is 2. The molecule has 142 valence electrons. The Morgan fingerprint density at radius 2 is 1.58 bits per heavy atom. The molecule has 0 aromatic heterocycles. The van der Waals surface area contributed by atoms with Gasteiger partial charge in [-0.05, 0) is 45.3 Å². The highest BCUT2D eigenvalue weighted by Crippen LogP contribution is 2.22. The number of amides is 1. The molecule has 0 spiro atoms. The monoisotopic (exact) mass is 364 g/mol. The van der Waals surface area contributed by atoms with Crippen LogP contribution in [0, 0.1) is 20.2 Å². The minimum atomic E-state index is -0.746. The van der Waals surface area contributed by atoms with E-state index in [-0.39, 0.29) is 5.56 Å². The molecular weight excluding hydrogens is 340 g/mol. The number of nitrogens with one attached hydrogen (secondary N) is 1. The van der Waals surface area contributed by atoms with Gasteiger partial charge in [-0.25, -0.2) is 0 Å². The first-order valence-corrected chi connectivity index (χ1v) is 8.92. The number of nitro groups is 2. The summed E-state index contributed by atoms with van der Waals surface area (Å²) in [7, 11) is 0. The smallest absolute Gasteiger partial charge is 0.277 e. The molecule has 26 heavy (non-hydrogen) atoms. The van der Waals surface area contributed by atoms with Crippen LogP contribution < -0.4 is 5.32 Å². The van der Waals surface area contributed by atoms with Gasteiger partial charge in [0.2, 0.25) is 0 Å². The largest absolute Gasteiger partial charge is 0.352 e. The van der Waals surface area contributed by atoms with Crippen molar-refractivity contribution in [2.24, 2.45) is 0 Å². The number of benzene rings is 1. The lowest BCUT2D eigenvalue weighted by Crippen LogP contribution is -2.30. The summed E-state index contributed by atoms with van der Waals surface area (Å²) in [6.45, 7) is 3.85. The van der Waals surface area contributed by atoms with Crippen molar-refractivity contribution >= 4 is 17.3 Å². The number of carbonyl (C=O) groups excluding carboxylic acids is 1. The highest BCUT2D eigenvalue weighted by atomic mass is 16.6. The standard InChI is InChI=1S/C17H24N4O5/c22-17(14-11-15(20(23)24)13-16(12-14)21(25)26)18-7-3-1-4-8-19-9-5-2-6-10-19/h11-13H,1-10H2,(H,18,22). The van der Waals surface area contributed by atoms with Crippen molar-refractivity contribution in [3.63, 3.8) is 0 Å². The van der Waals surface area contributed by atoms with Gasteiger partial charge >= 0.3 is 0 Å². The minimum Gasteiger partial charge on any atom is -0.352 e. The van der Waals surface area contributed by atoms with E-state index in [1.54, 1.807) is 0 Å². The average molecular weight is 364 g/mol.